The predicted molar refractivity (Wildman–Crippen MR) is 48.9 cm³/mol. The molecule has 0 aromatic carbocycles. The first kappa shape index (κ1) is 10.5. The normalized spacial score (nSPS) is 29.9. The number of rotatable bonds is 1. The Kier molecular flexibility index (Phi) is 2.25. The Morgan fingerprint density at radius 3 is 2.57 bits per heavy atom. The highest BCUT2D eigenvalue weighted by Crippen LogP contribution is 2.49. The van der Waals surface area contributed by atoms with Crippen molar-refractivity contribution in [3.8, 4) is 6.07 Å². The van der Waals surface area contributed by atoms with Crippen molar-refractivity contribution in [2.45, 2.75) is 38.8 Å². The molecule has 4 heteroatoms. The molecular weight excluding hydrogens is 180 g/mol. The summed E-state index contributed by atoms with van der Waals surface area (Å²) in [6.07, 6.45) is 0.307. The third kappa shape index (κ3) is 1.70. The van der Waals surface area contributed by atoms with Gasteiger partial charge in [0.05, 0.1) is 12.5 Å². The zero-order chi connectivity index (χ0) is 11.0. The summed E-state index contributed by atoms with van der Waals surface area (Å²) in [5, 5.41) is 8.83. The van der Waals surface area contributed by atoms with Crippen molar-refractivity contribution in [3.05, 3.63) is 11.4 Å². The van der Waals surface area contributed by atoms with Crippen LogP contribution in [0.3, 0.4) is 0 Å². The molecule has 0 aromatic rings. The number of carbonyl (C=O) groups is 1. The molecule has 0 aromatic heterocycles. The van der Waals surface area contributed by atoms with Gasteiger partial charge in [-0.3, -0.25) is 0 Å². The quantitative estimate of drug-likeness (QED) is 0.467. The van der Waals surface area contributed by atoms with E-state index >= 15 is 0 Å². The van der Waals surface area contributed by atoms with Gasteiger partial charge in [-0.15, -0.1) is 0 Å². The summed E-state index contributed by atoms with van der Waals surface area (Å²) in [5.74, 6) is -0.562. The molecule has 2 atom stereocenters. The van der Waals surface area contributed by atoms with Crippen LogP contribution in [-0.4, -0.2) is 17.6 Å². The van der Waals surface area contributed by atoms with Gasteiger partial charge in [-0.1, -0.05) is 0 Å². The van der Waals surface area contributed by atoms with Gasteiger partial charge in [0, 0.05) is 0 Å². The molecule has 1 rings (SSSR count). The topological polar surface area (TPSA) is 54.5 Å². The molecular formula is C10H12N2O2. The van der Waals surface area contributed by atoms with Crippen LogP contribution in [0.1, 0.15) is 27.2 Å². The highest BCUT2D eigenvalue weighted by Gasteiger charge is 2.70. The van der Waals surface area contributed by atoms with Crippen LogP contribution in [0.15, 0.2) is 0 Å². The van der Waals surface area contributed by atoms with Crippen LogP contribution >= 0.6 is 0 Å². The first-order chi connectivity index (χ1) is 6.35. The molecule has 1 saturated carbocycles. The lowest BCUT2D eigenvalue weighted by Crippen LogP contribution is -2.30. The van der Waals surface area contributed by atoms with E-state index < -0.39 is 23.0 Å². The van der Waals surface area contributed by atoms with Crippen LogP contribution in [0.4, 0.5) is 0 Å². The van der Waals surface area contributed by atoms with Crippen molar-refractivity contribution in [1.82, 2.24) is 0 Å². The maximum atomic E-state index is 11.6. The molecule has 2 unspecified atom stereocenters. The van der Waals surface area contributed by atoms with Crippen molar-refractivity contribution >= 4 is 5.97 Å². The van der Waals surface area contributed by atoms with Crippen LogP contribution in [0.5, 0.6) is 0 Å². The van der Waals surface area contributed by atoms with Gasteiger partial charge < -0.3 is 9.58 Å². The molecule has 14 heavy (non-hydrogen) atoms. The first-order valence-corrected chi connectivity index (χ1v) is 4.37. The number of carbonyl (C=O) groups excluding carboxylic acids is 1. The number of nitrogens with zero attached hydrogens (tertiary/aromatic N) is 2. The molecule has 74 valence electrons. The number of hydrogen-bond acceptors (Lipinski definition) is 3. The van der Waals surface area contributed by atoms with Gasteiger partial charge in [0.1, 0.15) is 5.60 Å². The largest absolute Gasteiger partial charge is 0.459 e. The Bertz CT molecular complexity index is 343. The maximum Gasteiger partial charge on any atom is 0.335 e. The zero-order valence-corrected chi connectivity index (χ0v) is 8.50. The highest BCUT2D eigenvalue weighted by atomic mass is 16.6. The van der Waals surface area contributed by atoms with E-state index in [4.69, 9.17) is 16.6 Å². The molecule has 0 saturated heterocycles. The summed E-state index contributed by atoms with van der Waals surface area (Å²) in [7, 11) is 0. The second-order valence-electron chi connectivity index (χ2n) is 4.43. The van der Waals surface area contributed by atoms with E-state index in [0.29, 0.717) is 6.42 Å². The molecule has 0 spiro atoms. The van der Waals surface area contributed by atoms with Gasteiger partial charge in [-0.05, 0) is 20.8 Å². The van der Waals surface area contributed by atoms with E-state index in [-0.39, 0.29) is 0 Å². The van der Waals surface area contributed by atoms with Crippen LogP contribution < -0.4 is 0 Å². The second-order valence-corrected chi connectivity index (χ2v) is 4.43. The summed E-state index contributed by atoms with van der Waals surface area (Å²) in [6.45, 7) is 12.0. The Labute approximate surface area is 83.3 Å². The maximum absolute atomic E-state index is 11.6. The fraction of sp³-hybridized carbons (Fsp3) is 0.700. The lowest BCUT2D eigenvalue weighted by Gasteiger charge is -2.20. The van der Waals surface area contributed by atoms with E-state index in [1.54, 1.807) is 20.8 Å². The van der Waals surface area contributed by atoms with Crippen molar-refractivity contribution in [3.63, 3.8) is 0 Å². The summed E-state index contributed by atoms with van der Waals surface area (Å²) in [4.78, 5) is 14.8. The lowest BCUT2D eigenvalue weighted by molar-refractivity contribution is -0.159. The minimum atomic E-state index is -1.19. The molecule has 0 heterocycles. The van der Waals surface area contributed by atoms with Crippen molar-refractivity contribution in [2.75, 3.05) is 0 Å². The van der Waals surface area contributed by atoms with Crippen molar-refractivity contribution in [2.24, 2.45) is 5.41 Å². The fourth-order valence-electron chi connectivity index (χ4n) is 1.16. The monoisotopic (exact) mass is 192 g/mol. The Morgan fingerprint density at radius 2 is 2.29 bits per heavy atom. The summed E-state index contributed by atoms with van der Waals surface area (Å²) >= 11 is 0. The minimum absolute atomic E-state index is 0.307. The molecule has 1 fully saturated rings. The standard InChI is InChI=1S/C10H12N2O2/c1-9(2,3)14-8(13)10(6-11)5-7(10)12-4/h7H,5H2,1-3H3. The SMILES string of the molecule is [C-]#[N+]C1CC1(C#N)C(=O)OC(C)(C)C. The summed E-state index contributed by atoms with van der Waals surface area (Å²) < 4.78 is 5.08. The highest BCUT2D eigenvalue weighted by molar-refractivity contribution is 5.86. The van der Waals surface area contributed by atoms with Gasteiger partial charge in [-0.2, -0.15) is 5.26 Å². The average molecular weight is 192 g/mol. The van der Waals surface area contributed by atoms with E-state index in [2.05, 4.69) is 4.85 Å². The first-order valence-electron chi connectivity index (χ1n) is 4.37. The van der Waals surface area contributed by atoms with Crippen molar-refractivity contribution in [1.29, 1.82) is 5.26 Å². The molecule has 0 N–H and O–H groups in total. The lowest BCUT2D eigenvalue weighted by atomic mass is 10.1. The number of hydrogen-bond donors (Lipinski definition) is 0. The number of nitriles is 1. The zero-order valence-electron chi connectivity index (χ0n) is 8.50. The molecule has 0 radical (unpaired) electrons. The van der Waals surface area contributed by atoms with Gasteiger partial charge in [0.15, 0.2) is 0 Å². The minimum Gasteiger partial charge on any atom is -0.459 e. The van der Waals surface area contributed by atoms with Gasteiger partial charge >= 0.3 is 5.97 Å². The second kappa shape index (κ2) is 2.99. The van der Waals surface area contributed by atoms with E-state index in [1.165, 1.54) is 0 Å². The van der Waals surface area contributed by atoms with Crippen molar-refractivity contribution < 1.29 is 9.53 Å². The van der Waals surface area contributed by atoms with E-state index in [0.717, 1.165) is 0 Å². The predicted octanol–water partition coefficient (Wildman–Crippen LogP) is 1.53. The molecule has 0 amide bonds. The van der Waals surface area contributed by atoms with E-state index in [1.807, 2.05) is 6.07 Å². The third-order valence-electron chi connectivity index (χ3n) is 2.04. The average Bonchev–Trinajstić information content (AvgIpc) is 2.76. The smallest absolute Gasteiger partial charge is 0.335 e. The fourth-order valence-corrected chi connectivity index (χ4v) is 1.16. The Balaban J connectivity index is 2.73. The molecule has 1 aliphatic rings. The van der Waals surface area contributed by atoms with Gasteiger partial charge in [0.25, 0.3) is 6.04 Å². The Hall–Kier alpha value is -1.55. The molecule has 0 bridgehead atoms. The molecule has 4 nitrogen and oxygen atoms in total. The van der Waals surface area contributed by atoms with Crippen LogP contribution in [0, 0.1) is 23.3 Å². The van der Waals surface area contributed by atoms with Crippen LogP contribution in [0.2, 0.25) is 0 Å². The number of ether oxygens (including phenoxy) is 1. The number of esters is 1. The third-order valence-corrected chi connectivity index (χ3v) is 2.04. The van der Waals surface area contributed by atoms with Gasteiger partial charge in [0.2, 0.25) is 5.41 Å². The van der Waals surface area contributed by atoms with Crippen LogP contribution in [0.25, 0.3) is 4.85 Å². The Morgan fingerprint density at radius 1 is 1.71 bits per heavy atom. The van der Waals surface area contributed by atoms with Crippen LogP contribution in [-0.2, 0) is 9.53 Å². The molecule has 0 aliphatic heterocycles. The van der Waals surface area contributed by atoms with Gasteiger partial charge in [-0.25, -0.2) is 11.4 Å². The molecule has 1 aliphatic carbocycles. The summed E-state index contributed by atoms with van der Waals surface area (Å²) in [5.41, 5.74) is -1.79. The van der Waals surface area contributed by atoms with E-state index in [9.17, 15) is 4.79 Å². The summed E-state index contributed by atoms with van der Waals surface area (Å²) in [6, 6.07) is 1.38.